The van der Waals surface area contributed by atoms with Crippen LogP contribution in [0.5, 0.6) is 0 Å². The highest BCUT2D eigenvalue weighted by Gasteiger charge is 2.32. The molecular weight excluding hydrogens is 266 g/mol. The van der Waals surface area contributed by atoms with E-state index in [4.69, 9.17) is 4.74 Å². The number of likely N-dealkylation sites (tertiary alicyclic amines) is 1. The van der Waals surface area contributed by atoms with Gasteiger partial charge in [-0.3, -0.25) is 0 Å². The highest BCUT2D eigenvalue weighted by Crippen LogP contribution is 2.23. The zero-order chi connectivity index (χ0) is 15.5. The topological polar surface area (TPSA) is 49.8 Å². The first-order valence-electron chi connectivity index (χ1n) is 7.55. The van der Waals surface area contributed by atoms with E-state index in [2.05, 4.69) is 12.1 Å². The fourth-order valence-corrected chi connectivity index (χ4v) is 2.63. The van der Waals surface area contributed by atoms with Crippen molar-refractivity contribution in [2.75, 3.05) is 13.1 Å². The second-order valence-electron chi connectivity index (χ2n) is 6.73. The Kier molecular flexibility index (Phi) is 4.88. The normalized spacial score (nSPS) is 23.0. The number of amides is 1. The van der Waals surface area contributed by atoms with Crippen molar-refractivity contribution in [2.45, 2.75) is 45.3 Å². The van der Waals surface area contributed by atoms with Crippen LogP contribution in [0.25, 0.3) is 0 Å². The van der Waals surface area contributed by atoms with Gasteiger partial charge in [0.2, 0.25) is 0 Å². The van der Waals surface area contributed by atoms with E-state index < -0.39 is 5.60 Å². The predicted molar refractivity (Wildman–Crippen MR) is 82.1 cm³/mol. The number of rotatable bonds is 2. The summed E-state index contributed by atoms with van der Waals surface area (Å²) in [4.78, 5) is 13.9. The van der Waals surface area contributed by atoms with Gasteiger partial charge in [0.25, 0.3) is 0 Å². The Morgan fingerprint density at radius 2 is 2.00 bits per heavy atom. The number of benzene rings is 1. The van der Waals surface area contributed by atoms with Gasteiger partial charge in [-0.1, -0.05) is 30.3 Å². The molecule has 1 aliphatic heterocycles. The molecule has 4 nitrogen and oxygen atoms in total. The van der Waals surface area contributed by atoms with Crippen LogP contribution in [0.15, 0.2) is 30.3 Å². The lowest BCUT2D eigenvalue weighted by atomic mass is 9.89. The third-order valence-corrected chi connectivity index (χ3v) is 3.69. The molecule has 1 aliphatic rings. The van der Waals surface area contributed by atoms with Gasteiger partial charge in [-0.2, -0.15) is 0 Å². The minimum atomic E-state index is -0.484. The molecule has 1 fully saturated rings. The van der Waals surface area contributed by atoms with Crippen LogP contribution in [0.3, 0.4) is 0 Å². The van der Waals surface area contributed by atoms with Crippen molar-refractivity contribution in [3.8, 4) is 0 Å². The lowest BCUT2D eigenvalue weighted by Crippen LogP contribution is -2.48. The fourth-order valence-electron chi connectivity index (χ4n) is 2.63. The van der Waals surface area contributed by atoms with Crippen LogP contribution >= 0.6 is 0 Å². The van der Waals surface area contributed by atoms with E-state index in [1.165, 1.54) is 5.56 Å². The molecule has 1 amide bonds. The Labute approximate surface area is 126 Å². The second kappa shape index (κ2) is 6.48. The van der Waals surface area contributed by atoms with Crippen molar-refractivity contribution >= 4 is 6.09 Å². The Hall–Kier alpha value is -1.55. The molecule has 1 aromatic carbocycles. The van der Waals surface area contributed by atoms with E-state index in [-0.39, 0.29) is 18.1 Å². The summed E-state index contributed by atoms with van der Waals surface area (Å²) in [6, 6.07) is 10.1. The molecule has 2 unspecified atom stereocenters. The summed E-state index contributed by atoms with van der Waals surface area (Å²) in [5.41, 5.74) is 0.704. The van der Waals surface area contributed by atoms with E-state index in [1.54, 1.807) is 4.90 Å². The Morgan fingerprint density at radius 1 is 1.33 bits per heavy atom. The number of hydrogen-bond donors (Lipinski definition) is 1. The van der Waals surface area contributed by atoms with Crippen molar-refractivity contribution < 1.29 is 14.6 Å². The summed E-state index contributed by atoms with van der Waals surface area (Å²) in [7, 11) is 0. The van der Waals surface area contributed by atoms with Gasteiger partial charge in [-0.05, 0) is 39.2 Å². The van der Waals surface area contributed by atoms with Gasteiger partial charge in [0.15, 0.2) is 0 Å². The molecule has 0 saturated carbocycles. The first kappa shape index (κ1) is 15.8. The third-order valence-electron chi connectivity index (χ3n) is 3.69. The van der Waals surface area contributed by atoms with Gasteiger partial charge < -0.3 is 14.7 Å². The largest absolute Gasteiger partial charge is 0.444 e. The van der Waals surface area contributed by atoms with E-state index in [9.17, 15) is 9.90 Å². The van der Waals surface area contributed by atoms with Crippen LogP contribution in [-0.4, -0.2) is 40.9 Å². The van der Waals surface area contributed by atoms with Crippen molar-refractivity contribution in [1.82, 2.24) is 4.90 Å². The van der Waals surface area contributed by atoms with Crippen molar-refractivity contribution in [1.29, 1.82) is 0 Å². The zero-order valence-corrected chi connectivity index (χ0v) is 13.1. The van der Waals surface area contributed by atoms with E-state index >= 15 is 0 Å². The minimum Gasteiger partial charge on any atom is -0.444 e. The Balaban J connectivity index is 1.97. The summed E-state index contributed by atoms with van der Waals surface area (Å²) in [5.74, 6) is 0.0636. The molecule has 0 aromatic heterocycles. The Bertz CT molecular complexity index is 467. The molecule has 0 bridgehead atoms. The quantitative estimate of drug-likeness (QED) is 0.911. The zero-order valence-electron chi connectivity index (χ0n) is 13.1. The number of carbonyl (C=O) groups is 1. The summed E-state index contributed by atoms with van der Waals surface area (Å²) >= 11 is 0. The van der Waals surface area contributed by atoms with Gasteiger partial charge in [0.05, 0.1) is 6.10 Å². The summed E-state index contributed by atoms with van der Waals surface area (Å²) < 4.78 is 5.42. The molecule has 1 aromatic rings. The maximum atomic E-state index is 12.1. The van der Waals surface area contributed by atoms with Crippen molar-refractivity contribution in [2.24, 2.45) is 5.92 Å². The van der Waals surface area contributed by atoms with Crippen LogP contribution in [-0.2, 0) is 11.2 Å². The molecule has 1 saturated heterocycles. The lowest BCUT2D eigenvalue weighted by Gasteiger charge is -2.37. The average molecular weight is 291 g/mol. The smallest absolute Gasteiger partial charge is 0.410 e. The highest BCUT2D eigenvalue weighted by molar-refractivity contribution is 5.68. The molecule has 21 heavy (non-hydrogen) atoms. The van der Waals surface area contributed by atoms with Gasteiger partial charge in [-0.15, -0.1) is 0 Å². The van der Waals surface area contributed by atoms with Crippen LogP contribution in [0.4, 0.5) is 4.79 Å². The minimum absolute atomic E-state index is 0.0636. The SMILES string of the molecule is CC(C)(C)OC(=O)N1CCC(O)C(Cc2ccccc2)C1. The molecule has 0 aliphatic carbocycles. The fraction of sp³-hybridized carbons (Fsp3) is 0.588. The maximum Gasteiger partial charge on any atom is 0.410 e. The number of aliphatic hydroxyl groups excluding tert-OH is 1. The molecule has 116 valence electrons. The van der Waals surface area contributed by atoms with Gasteiger partial charge in [-0.25, -0.2) is 4.79 Å². The van der Waals surface area contributed by atoms with E-state index in [1.807, 2.05) is 39.0 Å². The van der Waals surface area contributed by atoms with Crippen LogP contribution in [0.2, 0.25) is 0 Å². The maximum absolute atomic E-state index is 12.1. The number of piperidine rings is 1. The highest BCUT2D eigenvalue weighted by atomic mass is 16.6. The van der Waals surface area contributed by atoms with Crippen LogP contribution < -0.4 is 0 Å². The molecule has 0 spiro atoms. The number of ether oxygens (including phenoxy) is 1. The van der Waals surface area contributed by atoms with Crippen molar-refractivity contribution in [3.63, 3.8) is 0 Å². The number of nitrogens with zero attached hydrogens (tertiary/aromatic N) is 1. The summed E-state index contributed by atoms with van der Waals surface area (Å²) in [5, 5.41) is 10.2. The average Bonchev–Trinajstić information content (AvgIpc) is 2.40. The monoisotopic (exact) mass is 291 g/mol. The van der Waals surface area contributed by atoms with Gasteiger partial charge in [0, 0.05) is 19.0 Å². The first-order valence-corrected chi connectivity index (χ1v) is 7.55. The van der Waals surface area contributed by atoms with Crippen LogP contribution in [0, 0.1) is 5.92 Å². The number of aliphatic hydroxyl groups is 1. The lowest BCUT2D eigenvalue weighted by molar-refractivity contribution is -0.00823. The van der Waals surface area contributed by atoms with Crippen LogP contribution in [0.1, 0.15) is 32.8 Å². The third kappa shape index (κ3) is 4.74. The van der Waals surface area contributed by atoms with E-state index in [0.717, 1.165) is 6.42 Å². The second-order valence-corrected chi connectivity index (χ2v) is 6.73. The van der Waals surface area contributed by atoms with Gasteiger partial charge >= 0.3 is 6.09 Å². The molecule has 2 atom stereocenters. The first-order chi connectivity index (χ1) is 9.85. The standard InChI is InChI=1S/C17H25NO3/c1-17(2,3)21-16(20)18-10-9-15(19)14(12-18)11-13-7-5-4-6-8-13/h4-8,14-15,19H,9-12H2,1-3H3. The van der Waals surface area contributed by atoms with E-state index in [0.29, 0.717) is 19.5 Å². The summed E-state index contributed by atoms with van der Waals surface area (Å²) in [6.45, 7) is 6.70. The number of hydrogen-bond acceptors (Lipinski definition) is 3. The molecule has 2 rings (SSSR count). The van der Waals surface area contributed by atoms with Gasteiger partial charge in [0.1, 0.15) is 5.60 Å². The predicted octanol–water partition coefficient (Wildman–Crippen LogP) is 2.85. The Morgan fingerprint density at radius 3 is 2.62 bits per heavy atom. The molecular formula is C17H25NO3. The van der Waals surface area contributed by atoms with Crippen molar-refractivity contribution in [3.05, 3.63) is 35.9 Å². The number of carbonyl (C=O) groups excluding carboxylic acids is 1. The molecule has 0 radical (unpaired) electrons. The summed E-state index contributed by atoms with van der Waals surface area (Å²) in [6.07, 6.45) is 0.745. The molecule has 1 heterocycles. The molecule has 1 N–H and O–H groups in total. The molecule has 4 heteroatoms.